The van der Waals surface area contributed by atoms with E-state index in [9.17, 15) is 30.7 Å². The number of rotatable bonds is 9. The molecule has 33 heavy (non-hydrogen) atoms. The van der Waals surface area contributed by atoms with Crippen LogP contribution in [0, 0.1) is 35.0 Å². The molecule has 0 bridgehead atoms. The lowest BCUT2D eigenvalue weighted by atomic mass is 9.79. The van der Waals surface area contributed by atoms with Gasteiger partial charge in [-0.3, -0.25) is 0 Å². The third-order valence-electron chi connectivity index (χ3n) is 5.60. The highest BCUT2D eigenvalue weighted by Gasteiger charge is 2.42. The first-order valence-corrected chi connectivity index (χ1v) is 10.5. The Bertz CT molecular complexity index is 913. The molecule has 1 saturated carbocycles. The normalized spacial score (nSPS) is 19.0. The van der Waals surface area contributed by atoms with Crippen LogP contribution in [0.25, 0.3) is 0 Å². The summed E-state index contributed by atoms with van der Waals surface area (Å²) in [7, 11) is 0. The molecule has 0 amide bonds. The molecule has 182 valence electrons. The summed E-state index contributed by atoms with van der Waals surface area (Å²) in [5.74, 6) is -9.63. The van der Waals surface area contributed by atoms with Crippen LogP contribution in [0.1, 0.15) is 49.7 Å². The lowest BCUT2D eigenvalue weighted by Crippen LogP contribution is -2.26. The number of hydrogen-bond donors (Lipinski definition) is 0. The van der Waals surface area contributed by atoms with Crippen molar-refractivity contribution in [2.24, 2.45) is 5.92 Å². The first kappa shape index (κ1) is 25.3. The zero-order chi connectivity index (χ0) is 24.2. The first-order valence-electron chi connectivity index (χ1n) is 10.5. The molecule has 0 spiro atoms. The van der Waals surface area contributed by atoms with Gasteiger partial charge < -0.3 is 14.2 Å². The molecular weight excluding hydrogens is 457 g/mol. The second kappa shape index (κ2) is 10.7. The zero-order valence-electron chi connectivity index (χ0n) is 17.8. The van der Waals surface area contributed by atoms with E-state index >= 15 is 0 Å². The maximum Gasteiger partial charge on any atom is 0.432 e. The van der Waals surface area contributed by atoms with E-state index in [1.807, 2.05) is 6.92 Å². The molecule has 0 saturated heterocycles. The van der Waals surface area contributed by atoms with Crippen molar-refractivity contribution in [1.82, 2.24) is 0 Å². The van der Waals surface area contributed by atoms with Crippen LogP contribution < -0.4 is 4.74 Å². The monoisotopic (exact) mass is 480 g/mol. The van der Waals surface area contributed by atoms with Gasteiger partial charge in [0.05, 0.1) is 6.61 Å². The van der Waals surface area contributed by atoms with Gasteiger partial charge >= 0.3 is 6.11 Å². The van der Waals surface area contributed by atoms with Crippen molar-refractivity contribution in [2.45, 2.75) is 44.6 Å². The number of halogens is 7. The Morgan fingerprint density at radius 2 is 1.39 bits per heavy atom. The lowest BCUT2D eigenvalue weighted by Gasteiger charge is -2.29. The fourth-order valence-electron chi connectivity index (χ4n) is 3.92. The Labute approximate surface area is 186 Å². The average Bonchev–Trinajstić information content (AvgIpc) is 2.74. The van der Waals surface area contributed by atoms with Crippen molar-refractivity contribution in [2.75, 3.05) is 20.0 Å². The van der Waals surface area contributed by atoms with Crippen LogP contribution in [0.5, 0.6) is 5.75 Å². The van der Waals surface area contributed by atoms with Crippen LogP contribution in [0.4, 0.5) is 30.7 Å². The van der Waals surface area contributed by atoms with Gasteiger partial charge in [0.2, 0.25) is 0 Å². The predicted molar refractivity (Wildman–Crippen MR) is 104 cm³/mol. The largest absolute Gasteiger partial charge is 0.432 e. The van der Waals surface area contributed by atoms with E-state index in [-0.39, 0.29) is 36.3 Å². The van der Waals surface area contributed by atoms with E-state index in [1.165, 1.54) is 0 Å². The van der Waals surface area contributed by atoms with E-state index in [4.69, 9.17) is 9.47 Å². The van der Waals surface area contributed by atoms with Gasteiger partial charge in [-0.05, 0) is 62.1 Å². The highest BCUT2D eigenvalue weighted by atomic mass is 19.3. The second-order valence-corrected chi connectivity index (χ2v) is 7.88. The summed E-state index contributed by atoms with van der Waals surface area (Å²) in [5.41, 5.74) is -1.47. The van der Waals surface area contributed by atoms with Gasteiger partial charge in [-0.25, -0.2) is 22.0 Å². The Kier molecular flexibility index (Phi) is 8.23. The molecule has 0 N–H and O–H groups in total. The van der Waals surface area contributed by atoms with Gasteiger partial charge in [0.25, 0.3) is 0 Å². The van der Waals surface area contributed by atoms with Gasteiger partial charge in [-0.15, -0.1) is 0 Å². The van der Waals surface area contributed by atoms with E-state index in [2.05, 4.69) is 4.74 Å². The van der Waals surface area contributed by atoms with Gasteiger partial charge in [0.1, 0.15) is 29.7 Å². The maximum absolute atomic E-state index is 14.6. The van der Waals surface area contributed by atoms with Crippen LogP contribution in [-0.4, -0.2) is 20.0 Å². The molecule has 0 aliphatic heterocycles. The quantitative estimate of drug-likeness (QED) is 0.171. The topological polar surface area (TPSA) is 27.7 Å². The highest BCUT2D eigenvalue weighted by Crippen LogP contribution is 2.40. The Morgan fingerprint density at radius 3 is 1.94 bits per heavy atom. The van der Waals surface area contributed by atoms with Gasteiger partial charge in [0.15, 0.2) is 17.5 Å². The van der Waals surface area contributed by atoms with Crippen molar-refractivity contribution >= 4 is 0 Å². The molecule has 0 unspecified atom stereocenters. The SMILES string of the molecule is CCOCOCC1CCC(c2cc(F)c(C(F)(F)Oc3cc(F)c(F)c(F)c3)c(F)c2)CC1. The molecule has 0 atom stereocenters. The molecule has 1 fully saturated rings. The van der Waals surface area contributed by atoms with Crippen LogP contribution in [0.15, 0.2) is 24.3 Å². The number of hydrogen-bond acceptors (Lipinski definition) is 3. The lowest BCUT2D eigenvalue weighted by molar-refractivity contribution is -0.189. The summed E-state index contributed by atoms with van der Waals surface area (Å²) in [6.07, 6.45) is -1.92. The summed E-state index contributed by atoms with van der Waals surface area (Å²) < 4.78 is 112. The Hall–Kier alpha value is -2.33. The van der Waals surface area contributed by atoms with Crippen LogP contribution >= 0.6 is 0 Å². The zero-order valence-corrected chi connectivity index (χ0v) is 17.8. The third-order valence-corrected chi connectivity index (χ3v) is 5.60. The van der Waals surface area contributed by atoms with Gasteiger partial charge in [-0.2, -0.15) is 8.78 Å². The molecule has 2 aromatic carbocycles. The number of ether oxygens (including phenoxy) is 3. The Morgan fingerprint density at radius 1 is 0.818 bits per heavy atom. The first-order chi connectivity index (χ1) is 15.6. The van der Waals surface area contributed by atoms with Crippen molar-refractivity contribution < 1.29 is 44.9 Å². The van der Waals surface area contributed by atoms with E-state index in [0.717, 1.165) is 25.0 Å². The van der Waals surface area contributed by atoms with Crippen molar-refractivity contribution in [1.29, 1.82) is 0 Å². The molecule has 0 heterocycles. The Balaban J connectivity index is 1.70. The summed E-state index contributed by atoms with van der Waals surface area (Å²) in [6.45, 7) is 3.09. The van der Waals surface area contributed by atoms with Crippen LogP contribution in [0.3, 0.4) is 0 Å². The summed E-state index contributed by atoms with van der Waals surface area (Å²) in [4.78, 5) is 0. The average molecular weight is 480 g/mol. The summed E-state index contributed by atoms with van der Waals surface area (Å²) in [6, 6.07) is 1.95. The molecule has 2 aromatic rings. The molecule has 10 heteroatoms. The van der Waals surface area contributed by atoms with Crippen molar-refractivity contribution in [3.8, 4) is 5.75 Å². The predicted octanol–water partition coefficient (Wildman–Crippen LogP) is 6.79. The number of benzene rings is 2. The minimum atomic E-state index is -4.60. The van der Waals surface area contributed by atoms with E-state index in [0.29, 0.717) is 26.1 Å². The standard InChI is InChI=1S/C23H23F7O3/c1-2-31-12-32-11-13-3-5-14(6-4-13)15-7-17(24)21(18(25)8-15)23(29,30)33-16-9-19(26)22(28)20(27)10-16/h7-10,13-14H,2-6,11-12H2,1H3. The molecule has 1 aliphatic rings. The van der Waals surface area contributed by atoms with Gasteiger partial charge in [0, 0.05) is 18.7 Å². The highest BCUT2D eigenvalue weighted by molar-refractivity contribution is 5.33. The third kappa shape index (κ3) is 6.17. The molecule has 0 aromatic heterocycles. The van der Waals surface area contributed by atoms with Crippen LogP contribution in [0.2, 0.25) is 0 Å². The molecule has 3 rings (SSSR count). The van der Waals surface area contributed by atoms with Crippen molar-refractivity contribution in [3.63, 3.8) is 0 Å². The van der Waals surface area contributed by atoms with Crippen LogP contribution in [-0.2, 0) is 15.6 Å². The fraction of sp³-hybridized carbons (Fsp3) is 0.478. The minimum Gasteiger partial charge on any atom is -0.429 e. The summed E-state index contributed by atoms with van der Waals surface area (Å²) in [5, 5.41) is 0. The molecular formula is C23H23F7O3. The van der Waals surface area contributed by atoms with E-state index < -0.39 is 46.5 Å². The maximum atomic E-state index is 14.6. The molecule has 3 nitrogen and oxygen atoms in total. The van der Waals surface area contributed by atoms with Crippen molar-refractivity contribution in [3.05, 3.63) is 64.5 Å². The second-order valence-electron chi connectivity index (χ2n) is 7.88. The van der Waals surface area contributed by atoms with E-state index in [1.54, 1.807) is 0 Å². The minimum absolute atomic E-state index is 0.160. The fourth-order valence-corrected chi connectivity index (χ4v) is 3.92. The molecule has 0 radical (unpaired) electrons. The smallest absolute Gasteiger partial charge is 0.429 e. The summed E-state index contributed by atoms with van der Waals surface area (Å²) >= 11 is 0. The number of alkyl halides is 2. The van der Waals surface area contributed by atoms with Gasteiger partial charge in [-0.1, -0.05) is 0 Å². The molecule has 1 aliphatic carbocycles.